The van der Waals surface area contributed by atoms with Gasteiger partial charge in [-0.05, 0) is 119 Å². The lowest BCUT2D eigenvalue weighted by molar-refractivity contribution is 1.13. The summed E-state index contributed by atoms with van der Waals surface area (Å²) in [6, 6.07) is 48.7. The first-order valence-electron chi connectivity index (χ1n) is 15.9. The number of hydrogen-bond acceptors (Lipinski definition) is 4. The summed E-state index contributed by atoms with van der Waals surface area (Å²) in [6.07, 6.45) is 0. The predicted molar refractivity (Wildman–Crippen MR) is 196 cm³/mol. The highest BCUT2D eigenvalue weighted by Crippen LogP contribution is 2.53. The van der Waals surface area contributed by atoms with Crippen LogP contribution in [0.5, 0.6) is 0 Å². The molecule has 0 saturated heterocycles. The zero-order valence-electron chi connectivity index (χ0n) is 26.5. The van der Waals surface area contributed by atoms with E-state index in [2.05, 4.69) is 181 Å². The molecule has 46 heavy (non-hydrogen) atoms. The summed E-state index contributed by atoms with van der Waals surface area (Å²) >= 11 is 0. The van der Waals surface area contributed by atoms with Crippen LogP contribution in [0.4, 0.5) is 56.9 Å². The number of anilines is 10. The summed E-state index contributed by atoms with van der Waals surface area (Å²) in [5.74, 6) is 0. The molecule has 0 radical (unpaired) electrons. The Morgan fingerprint density at radius 2 is 0.609 bits per heavy atom. The molecule has 0 aliphatic carbocycles. The Balaban J connectivity index is 1.22. The second kappa shape index (κ2) is 9.88. The van der Waals surface area contributed by atoms with Crippen LogP contribution in [0.2, 0.25) is 0 Å². The first-order chi connectivity index (χ1) is 22.5. The highest BCUT2D eigenvalue weighted by Gasteiger charge is 2.29. The fraction of sp³-hybridized carbons (Fsp3) is 0.0952. The molecule has 9 rings (SSSR count). The molecule has 2 heterocycles. The van der Waals surface area contributed by atoms with Crippen LogP contribution >= 0.6 is 0 Å². The zero-order chi connectivity index (χ0) is 31.1. The minimum Gasteiger partial charge on any atom is -0.341 e. The van der Waals surface area contributed by atoms with Crippen molar-refractivity contribution in [3.8, 4) is 0 Å². The molecular weight excluding hydrogens is 560 g/mol. The van der Waals surface area contributed by atoms with Gasteiger partial charge >= 0.3 is 0 Å². The molecule has 0 amide bonds. The Labute approximate surface area is 270 Å². The lowest BCUT2D eigenvalue weighted by Crippen LogP contribution is -2.24. The van der Waals surface area contributed by atoms with Crippen LogP contribution in [0.3, 0.4) is 0 Å². The maximum atomic E-state index is 2.41. The van der Waals surface area contributed by atoms with E-state index < -0.39 is 0 Å². The molecule has 7 aromatic rings. The average Bonchev–Trinajstić information content (AvgIpc) is 3.11. The molecule has 2 aliphatic heterocycles. The molecule has 0 N–H and O–H groups in total. The summed E-state index contributed by atoms with van der Waals surface area (Å²) in [6.45, 7) is 4.56. The maximum Gasteiger partial charge on any atom is 0.0699 e. The van der Waals surface area contributed by atoms with Gasteiger partial charge in [-0.3, -0.25) is 0 Å². The summed E-state index contributed by atoms with van der Waals surface area (Å²) in [5, 5.41) is 5.17. The van der Waals surface area contributed by atoms with Gasteiger partial charge in [-0.15, -0.1) is 0 Å². The molecular formula is C42H34N4. The second-order valence-electron chi connectivity index (χ2n) is 12.5. The molecule has 0 unspecified atom stereocenters. The van der Waals surface area contributed by atoms with Crippen LogP contribution in [-0.4, -0.2) is 14.1 Å². The van der Waals surface area contributed by atoms with Crippen molar-refractivity contribution in [3.63, 3.8) is 0 Å². The van der Waals surface area contributed by atoms with Crippen LogP contribution in [0.25, 0.3) is 21.5 Å². The van der Waals surface area contributed by atoms with Crippen LogP contribution in [0.1, 0.15) is 11.1 Å². The van der Waals surface area contributed by atoms with E-state index in [0.29, 0.717) is 0 Å². The van der Waals surface area contributed by atoms with E-state index in [1.165, 1.54) is 89.5 Å². The van der Waals surface area contributed by atoms with Crippen LogP contribution in [0, 0.1) is 13.8 Å². The number of nitrogens with zero attached hydrogens (tertiary/aromatic N) is 4. The normalized spacial score (nSPS) is 13.5. The summed E-state index contributed by atoms with van der Waals surface area (Å²) in [4.78, 5) is 9.41. The molecule has 222 valence electrons. The van der Waals surface area contributed by atoms with E-state index in [0.717, 1.165) is 0 Å². The molecule has 0 aromatic heterocycles. The van der Waals surface area contributed by atoms with E-state index in [1.807, 2.05) is 0 Å². The SMILES string of the molecule is Cc1c2ccc(N3c4ccccc4N(C)c4ccccc43)cc2c(C)c2ccc(N3c4ccccc4N(C)c4ccccc43)cc12. The van der Waals surface area contributed by atoms with Crippen molar-refractivity contribution in [2.45, 2.75) is 13.8 Å². The minimum absolute atomic E-state index is 1.17. The highest BCUT2D eigenvalue weighted by molar-refractivity contribution is 6.09. The van der Waals surface area contributed by atoms with Gasteiger partial charge in [0.25, 0.3) is 0 Å². The first-order valence-corrected chi connectivity index (χ1v) is 15.9. The van der Waals surface area contributed by atoms with Crippen LogP contribution in [0.15, 0.2) is 133 Å². The first kappa shape index (κ1) is 26.6. The van der Waals surface area contributed by atoms with E-state index in [4.69, 9.17) is 0 Å². The number of para-hydroxylation sites is 8. The van der Waals surface area contributed by atoms with Gasteiger partial charge in [-0.1, -0.05) is 60.7 Å². The van der Waals surface area contributed by atoms with E-state index >= 15 is 0 Å². The van der Waals surface area contributed by atoms with Crippen molar-refractivity contribution >= 4 is 78.4 Å². The molecule has 0 atom stereocenters. The van der Waals surface area contributed by atoms with Crippen LogP contribution < -0.4 is 19.6 Å². The fourth-order valence-corrected chi connectivity index (χ4v) is 7.73. The molecule has 4 heteroatoms. The van der Waals surface area contributed by atoms with Crippen LogP contribution in [-0.2, 0) is 0 Å². The molecule has 4 nitrogen and oxygen atoms in total. The molecule has 0 fully saturated rings. The molecule has 0 saturated carbocycles. The quantitative estimate of drug-likeness (QED) is 0.185. The average molecular weight is 595 g/mol. The third-order valence-electron chi connectivity index (χ3n) is 10.1. The van der Waals surface area contributed by atoms with Crippen molar-refractivity contribution in [1.82, 2.24) is 0 Å². The monoisotopic (exact) mass is 594 g/mol. The number of rotatable bonds is 2. The van der Waals surface area contributed by atoms with Gasteiger partial charge in [0.1, 0.15) is 0 Å². The largest absolute Gasteiger partial charge is 0.341 e. The minimum atomic E-state index is 1.17. The van der Waals surface area contributed by atoms with Gasteiger partial charge in [-0.2, -0.15) is 0 Å². The lowest BCUT2D eigenvalue weighted by Gasteiger charge is -2.39. The summed E-state index contributed by atoms with van der Waals surface area (Å²) in [5.41, 5.74) is 14.5. The Kier molecular flexibility index (Phi) is 5.72. The van der Waals surface area contributed by atoms with Crippen molar-refractivity contribution in [2.75, 3.05) is 33.7 Å². The topological polar surface area (TPSA) is 13.0 Å². The van der Waals surface area contributed by atoms with Gasteiger partial charge < -0.3 is 19.6 Å². The van der Waals surface area contributed by atoms with Crippen molar-refractivity contribution in [2.24, 2.45) is 0 Å². The Hall–Kier alpha value is -5.74. The van der Waals surface area contributed by atoms with Crippen molar-refractivity contribution in [1.29, 1.82) is 0 Å². The lowest BCUT2D eigenvalue weighted by atomic mass is 9.92. The third kappa shape index (κ3) is 3.67. The Morgan fingerprint density at radius 1 is 0.326 bits per heavy atom. The number of hydrogen-bond donors (Lipinski definition) is 0. The third-order valence-corrected chi connectivity index (χ3v) is 10.1. The summed E-state index contributed by atoms with van der Waals surface area (Å²) in [7, 11) is 4.31. The molecule has 7 aromatic carbocycles. The maximum absolute atomic E-state index is 2.41. The highest BCUT2D eigenvalue weighted by atomic mass is 15.3. The van der Waals surface area contributed by atoms with Crippen molar-refractivity contribution < 1.29 is 0 Å². The molecule has 0 spiro atoms. The van der Waals surface area contributed by atoms with E-state index in [-0.39, 0.29) is 0 Å². The molecule has 2 aliphatic rings. The van der Waals surface area contributed by atoms with E-state index in [9.17, 15) is 0 Å². The number of aryl methyl sites for hydroxylation is 2. The van der Waals surface area contributed by atoms with Gasteiger partial charge in [0.05, 0.1) is 45.5 Å². The standard InChI is InChI=1S/C42H34N4/c1-27-31-23-21-30(46-41-19-11-7-15-37(41)44(4)38-16-8-12-20-42(38)46)26-34(31)28(2)32-24-22-29(25-33(27)32)45-39-17-9-5-13-35(39)43(3)36-14-6-10-18-40(36)45/h5-26H,1-4H3. The predicted octanol–water partition coefficient (Wildman–Crippen LogP) is 11.7. The molecule has 0 bridgehead atoms. The zero-order valence-corrected chi connectivity index (χ0v) is 26.5. The number of fused-ring (bicyclic) bond motifs is 6. The fourth-order valence-electron chi connectivity index (χ4n) is 7.73. The van der Waals surface area contributed by atoms with E-state index in [1.54, 1.807) is 0 Å². The van der Waals surface area contributed by atoms with Gasteiger partial charge in [0.2, 0.25) is 0 Å². The Morgan fingerprint density at radius 3 is 0.913 bits per heavy atom. The smallest absolute Gasteiger partial charge is 0.0699 e. The number of benzene rings is 7. The van der Waals surface area contributed by atoms with Gasteiger partial charge in [0.15, 0.2) is 0 Å². The van der Waals surface area contributed by atoms with Crippen molar-refractivity contribution in [3.05, 3.63) is 145 Å². The van der Waals surface area contributed by atoms with Gasteiger partial charge in [-0.25, -0.2) is 0 Å². The van der Waals surface area contributed by atoms with Gasteiger partial charge in [0, 0.05) is 25.5 Å². The summed E-state index contributed by atoms with van der Waals surface area (Å²) < 4.78 is 0. The Bertz CT molecular complexity index is 2090. The second-order valence-corrected chi connectivity index (χ2v) is 12.5.